The molecule has 1 unspecified atom stereocenters. The lowest BCUT2D eigenvalue weighted by atomic mass is 10.1. The Hall–Kier alpha value is -1.62. The van der Waals surface area contributed by atoms with Gasteiger partial charge in [-0.05, 0) is 12.5 Å². The fourth-order valence-electron chi connectivity index (χ4n) is 1.87. The second-order valence-corrected chi connectivity index (χ2v) is 3.73. The zero-order valence-corrected chi connectivity index (χ0v) is 8.14. The SMILES string of the molecule is O=c1cccc2nc(C3CCOC3)[nH]n12. The molecule has 3 rings (SSSR count). The van der Waals surface area contributed by atoms with Crippen LogP contribution in [0.15, 0.2) is 23.0 Å². The van der Waals surface area contributed by atoms with Gasteiger partial charge in [0.05, 0.1) is 6.61 Å². The van der Waals surface area contributed by atoms with Crippen LogP contribution >= 0.6 is 0 Å². The number of hydrogen-bond acceptors (Lipinski definition) is 3. The smallest absolute Gasteiger partial charge is 0.271 e. The zero-order valence-electron chi connectivity index (χ0n) is 8.14. The van der Waals surface area contributed by atoms with E-state index in [9.17, 15) is 4.79 Å². The highest BCUT2D eigenvalue weighted by atomic mass is 16.5. The molecule has 2 aromatic heterocycles. The fraction of sp³-hybridized carbons (Fsp3) is 0.400. The lowest BCUT2D eigenvalue weighted by Crippen LogP contribution is -2.12. The van der Waals surface area contributed by atoms with E-state index in [4.69, 9.17) is 4.74 Å². The van der Waals surface area contributed by atoms with Crippen molar-refractivity contribution in [1.29, 1.82) is 0 Å². The van der Waals surface area contributed by atoms with Crippen LogP contribution in [0.5, 0.6) is 0 Å². The summed E-state index contributed by atoms with van der Waals surface area (Å²) in [5, 5.41) is 3.02. The van der Waals surface area contributed by atoms with Crippen LogP contribution in [-0.4, -0.2) is 27.8 Å². The number of fused-ring (bicyclic) bond motifs is 1. The summed E-state index contributed by atoms with van der Waals surface area (Å²) < 4.78 is 6.76. The van der Waals surface area contributed by atoms with Crippen molar-refractivity contribution in [3.8, 4) is 0 Å². The number of rotatable bonds is 1. The number of nitrogens with one attached hydrogen (secondary N) is 1. The van der Waals surface area contributed by atoms with Crippen molar-refractivity contribution in [2.75, 3.05) is 13.2 Å². The molecule has 0 aromatic carbocycles. The van der Waals surface area contributed by atoms with Gasteiger partial charge in [0.15, 0.2) is 5.65 Å². The minimum Gasteiger partial charge on any atom is -0.381 e. The first-order chi connectivity index (χ1) is 7.34. The highest BCUT2D eigenvalue weighted by Gasteiger charge is 2.21. The highest BCUT2D eigenvalue weighted by molar-refractivity contribution is 5.36. The molecule has 0 bridgehead atoms. The molecule has 3 heterocycles. The van der Waals surface area contributed by atoms with Gasteiger partial charge in [-0.25, -0.2) is 9.50 Å². The van der Waals surface area contributed by atoms with Crippen molar-refractivity contribution < 1.29 is 4.74 Å². The molecule has 1 aliphatic heterocycles. The van der Waals surface area contributed by atoms with Crippen LogP contribution in [0.25, 0.3) is 5.65 Å². The Bertz CT molecular complexity index is 537. The number of pyridine rings is 1. The molecule has 0 saturated carbocycles. The largest absolute Gasteiger partial charge is 0.381 e. The predicted molar refractivity (Wildman–Crippen MR) is 54.0 cm³/mol. The Balaban J connectivity index is 2.13. The Morgan fingerprint density at radius 1 is 1.53 bits per heavy atom. The molecular formula is C10H11N3O2. The molecule has 1 fully saturated rings. The van der Waals surface area contributed by atoms with E-state index in [0.717, 1.165) is 18.9 Å². The van der Waals surface area contributed by atoms with E-state index in [0.29, 0.717) is 18.2 Å². The number of aromatic amines is 1. The third-order valence-corrected chi connectivity index (χ3v) is 2.71. The molecule has 78 valence electrons. The second kappa shape index (κ2) is 3.20. The molecule has 0 amide bonds. The molecule has 0 radical (unpaired) electrons. The maximum atomic E-state index is 11.5. The second-order valence-electron chi connectivity index (χ2n) is 3.73. The van der Waals surface area contributed by atoms with E-state index in [1.807, 2.05) is 6.07 Å². The first-order valence-electron chi connectivity index (χ1n) is 5.00. The van der Waals surface area contributed by atoms with E-state index in [1.54, 1.807) is 6.07 Å². The van der Waals surface area contributed by atoms with Gasteiger partial charge in [-0.2, -0.15) is 0 Å². The zero-order chi connectivity index (χ0) is 10.3. The summed E-state index contributed by atoms with van der Waals surface area (Å²) in [6.45, 7) is 1.46. The monoisotopic (exact) mass is 205 g/mol. The number of hydrogen-bond donors (Lipinski definition) is 1. The van der Waals surface area contributed by atoms with E-state index < -0.39 is 0 Å². The van der Waals surface area contributed by atoms with Crippen LogP contribution in [0, 0.1) is 0 Å². The Labute approximate surface area is 85.7 Å². The summed E-state index contributed by atoms with van der Waals surface area (Å²) in [5.41, 5.74) is 0.592. The summed E-state index contributed by atoms with van der Waals surface area (Å²) in [5.74, 6) is 1.14. The van der Waals surface area contributed by atoms with Crippen molar-refractivity contribution in [3.63, 3.8) is 0 Å². The first kappa shape index (κ1) is 8.67. The van der Waals surface area contributed by atoms with Crippen molar-refractivity contribution in [2.45, 2.75) is 12.3 Å². The Morgan fingerprint density at radius 3 is 3.20 bits per heavy atom. The van der Waals surface area contributed by atoms with Gasteiger partial charge in [0.2, 0.25) is 0 Å². The average molecular weight is 205 g/mol. The van der Waals surface area contributed by atoms with E-state index in [-0.39, 0.29) is 5.56 Å². The summed E-state index contributed by atoms with van der Waals surface area (Å²) >= 11 is 0. The molecule has 0 spiro atoms. The van der Waals surface area contributed by atoms with Crippen molar-refractivity contribution >= 4 is 5.65 Å². The molecule has 0 aliphatic carbocycles. The van der Waals surface area contributed by atoms with Gasteiger partial charge in [0, 0.05) is 18.6 Å². The number of ether oxygens (including phenoxy) is 1. The molecule has 5 heteroatoms. The Kier molecular flexibility index (Phi) is 1.85. The number of nitrogens with zero attached hydrogens (tertiary/aromatic N) is 2. The van der Waals surface area contributed by atoms with Crippen molar-refractivity contribution in [1.82, 2.24) is 14.6 Å². The van der Waals surface area contributed by atoms with Crippen LogP contribution in [0.3, 0.4) is 0 Å². The molecular weight excluding hydrogens is 194 g/mol. The normalized spacial score (nSPS) is 21.2. The van der Waals surface area contributed by atoms with Crippen molar-refractivity contribution in [3.05, 3.63) is 34.4 Å². The lowest BCUT2D eigenvalue weighted by molar-refractivity contribution is 0.193. The molecule has 1 saturated heterocycles. The van der Waals surface area contributed by atoms with Gasteiger partial charge >= 0.3 is 0 Å². The maximum Gasteiger partial charge on any atom is 0.271 e. The summed E-state index contributed by atoms with van der Waals surface area (Å²) in [6.07, 6.45) is 0.967. The maximum absolute atomic E-state index is 11.5. The van der Waals surface area contributed by atoms with E-state index in [1.165, 1.54) is 10.6 Å². The average Bonchev–Trinajstić information content (AvgIpc) is 2.86. The van der Waals surface area contributed by atoms with E-state index in [2.05, 4.69) is 10.1 Å². The number of H-pyrrole nitrogens is 1. The van der Waals surface area contributed by atoms with Gasteiger partial charge in [-0.3, -0.25) is 9.89 Å². The lowest BCUT2D eigenvalue weighted by Gasteiger charge is -1.99. The van der Waals surface area contributed by atoms with Gasteiger partial charge in [-0.1, -0.05) is 6.07 Å². The van der Waals surface area contributed by atoms with Gasteiger partial charge in [0.1, 0.15) is 5.82 Å². The molecule has 1 aliphatic rings. The summed E-state index contributed by atoms with van der Waals surface area (Å²) in [6, 6.07) is 5.05. The quantitative estimate of drug-likeness (QED) is 0.738. The molecule has 1 atom stereocenters. The summed E-state index contributed by atoms with van der Waals surface area (Å²) in [7, 11) is 0. The minimum atomic E-state index is -0.0786. The highest BCUT2D eigenvalue weighted by Crippen LogP contribution is 2.22. The first-order valence-corrected chi connectivity index (χ1v) is 5.00. The van der Waals surface area contributed by atoms with Crippen LogP contribution < -0.4 is 5.56 Å². The molecule has 2 aromatic rings. The standard InChI is InChI=1S/C10H11N3O2/c14-9-3-1-2-8-11-10(12-13(8)9)7-4-5-15-6-7/h1-3,7H,4-6H2,(H,11,12). The van der Waals surface area contributed by atoms with Gasteiger partial charge in [0.25, 0.3) is 5.56 Å². The molecule has 1 N–H and O–H groups in total. The van der Waals surface area contributed by atoms with Crippen LogP contribution in [0.2, 0.25) is 0 Å². The van der Waals surface area contributed by atoms with Crippen LogP contribution in [0.4, 0.5) is 0 Å². The molecule has 5 nitrogen and oxygen atoms in total. The Morgan fingerprint density at radius 2 is 2.47 bits per heavy atom. The third-order valence-electron chi connectivity index (χ3n) is 2.71. The molecule has 15 heavy (non-hydrogen) atoms. The third kappa shape index (κ3) is 1.35. The summed E-state index contributed by atoms with van der Waals surface area (Å²) in [4.78, 5) is 15.9. The topological polar surface area (TPSA) is 59.4 Å². The fourth-order valence-corrected chi connectivity index (χ4v) is 1.87. The predicted octanol–water partition coefficient (Wildman–Crippen LogP) is 0.526. The minimum absolute atomic E-state index is 0.0786. The van der Waals surface area contributed by atoms with Crippen molar-refractivity contribution in [2.24, 2.45) is 0 Å². The van der Waals surface area contributed by atoms with Gasteiger partial charge in [-0.15, -0.1) is 0 Å². The number of aromatic nitrogens is 3. The van der Waals surface area contributed by atoms with Crippen LogP contribution in [-0.2, 0) is 4.74 Å². The van der Waals surface area contributed by atoms with Crippen LogP contribution in [0.1, 0.15) is 18.2 Å². The van der Waals surface area contributed by atoms with E-state index >= 15 is 0 Å². The van der Waals surface area contributed by atoms with Gasteiger partial charge < -0.3 is 4.74 Å².